The topological polar surface area (TPSA) is 70.6 Å². The maximum atomic E-state index is 8.78. The fourth-order valence-corrected chi connectivity index (χ4v) is 2.65. The third-order valence-corrected chi connectivity index (χ3v) is 3.65. The van der Waals surface area contributed by atoms with Crippen molar-refractivity contribution in [2.45, 2.75) is 44.7 Å². The van der Waals surface area contributed by atoms with E-state index < -0.39 is 0 Å². The van der Waals surface area contributed by atoms with Gasteiger partial charge in [-0.2, -0.15) is 0 Å². The third kappa shape index (κ3) is 2.64. The number of amidine groups is 1. The molecule has 0 aliphatic heterocycles. The lowest BCUT2D eigenvalue weighted by molar-refractivity contribution is 0.312. The van der Waals surface area contributed by atoms with E-state index in [0.29, 0.717) is 6.04 Å². The van der Waals surface area contributed by atoms with Gasteiger partial charge in [0.05, 0.1) is 6.04 Å². The first-order valence-electron chi connectivity index (χ1n) is 6.57. The molecule has 2 atom stereocenters. The number of nitrogens with zero attached hydrogens (tertiary/aromatic N) is 1. The van der Waals surface area contributed by atoms with E-state index in [1.165, 1.54) is 17.5 Å². The second-order valence-electron chi connectivity index (χ2n) is 4.80. The van der Waals surface area contributed by atoms with Gasteiger partial charge >= 0.3 is 0 Å². The predicted molar refractivity (Wildman–Crippen MR) is 72.7 cm³/mol. The molecule has 0 saturated heterocycles. The number of rotatable bonds is 4. The molecule has 0 aromatic heterocycles. The Morgan fingerprint density at radius 2 is 2.33 bits per heavy atom. The highest BCUT2D eigenvalue weighted by Gasteiger charge is 2.23. The van der Waals surface area contributed by atoms with Crippen LogP contribution in [0.2, 0.25) is 0 Å². The number of hydrogen-bond donors (Lipinski definition) is 3. The van der Waals surface area contributed by atoms with Crippen LogP contribution in [0.3, 0.4) is 0 Å². The van der Waals surface area contributed by atoms with Gasteiger partial charge < -0.3 is 16.3 Å². The van der Waals surface area contributed by atoms with Crippen LogP contribution in [0.15, 0.2) is 29.4 Å². The zero-order valence-electron chi connectivity index (χ0n) is 10.8. The average molecular weight is 247 g/mol. The number of aryl methyl sites for hydroxylation is 1. The van der Waals surface area contributed by atoms with Crippen LogP contribution in [0.5, 0.6) is 0 Å². The van der Waals surface area contributed by atoms with Crippen molar-refractivity contribution in [1.82, 2.24) is 5.32 Å². The molecule has 1 aliphatic carbocycles. The minimum absolute atomic E-state index is 0.0637. The second kappa shape index (κ2) is 5.87. The van der Waals surface area contributed by atoms with Gasteiger partial charge in [-0.3, -0.25) is 0 Å². The molecule has 0 heterocycles. The van der Waals surface area contributed by atoms with Crippen LogP contribution >= 0.6 is 0 Å². The van der Waals surface area contributed by atoms with Crippen molar-refractivity contribution in [2.24, 2.45) is 10.9 Å². The van der Waals surface area contributed by atoms with Gasteiger partial charge in [-0.05, 0) is 36.8 Å². The molecule has 2 rings (SSSR count). The molecular weight excluding hydrogens is 226 g/mol. The van der Waals surface area contributed by atoms with Crippen molar-refractivity contribution < 1.29 is 5.21 Å². The largest absolute Gasteiger partial charge is 0.409 e. The first-order chi connectivity index (χ1) is 8.76. The third-order valence-electron chi connectivity index (χ3n) is 3.65. The summed E-state index contributed by atoms with van der Waals surface area (Å²) >= 11 is 0. The SMILES string of the molecule is CCC(NC1CCCc2ccccc21)C(N)=NO. The summed E-state index contributed by atoms with van der Waals surface area (Å²) in [5.41, 5.74) is 8.47. The van der Waals surface area contributed by atoms with Crippen LogP contribution in [0.4, 0.5) is 0 Å². The van der Waals surface area contributed by atoms with Crippen LogP contribution in [0.25, 0.3) is 0 Å². The molecule has 98 valence electrons. The lowest BCUT2D eigenvalue weighted by Crippen LogP contribution is -2.43. The van der Waals surface area contributed by atoms with Gasteiger partial charge in [0.15, 0.2) is 5.84 Å². The van der Waals surface area contributed by atoms with E-state index in [2.05, 4.69) is 34.7 Å². The summed E-state index contributed by atoms with van der Waals surface area (Å²) < 4.78 is 0. The molecule has 4 nitrogen and oxygen atoms in total. The minimum Gasteiger partial charge on any atom is -0.409 e. The summed E-state index contributed by atoms with van der Waals surface area (Å²) in [5, 5.41) is 15.4. The number of hydrogen-bond acceptors (Lipinski definition) is 3. The van der Waals surface area contributed by atoms with E-state index in [0.717, 1.165) is 19.3 Å². The average Bonchev–Trinajstić information content (AvgIpc) is 2.44. The van der Waals surface area contributed by atoms with E-state index in [1.807, 2.05) is 6.92 Å². The van der Waals surface area contributed by atoms with Crippen LogP contribution in [0, 0.1) is 0 Å². The normalized spacial score (nSPS) is 21.4. The number of nitrogens with two attached hydrogens (primary N) is 1. The first-order valence-corrected chi connectivity index (χ1v) is 6.57. The molecule has 4 heteroatoms. The Morgan fingerprint density at radius 1 is 1.56 bits per heavy atom. The van der Waals surface area contributed by atoms with Gasteiger partial charge in [-0.1, -0.05) is 36.3 Å². The van der Waals surface area contributed by atoms with Crippen molar-refractivity contribution in [1.29, 1.82) is 0 Å². The molecule has 4 N–H and O–H groups in total. The van der Waals surface area contributed by atoms with Gasteiger partial charge in [0.2, 0.25) is 0 Å². The van der Waals surface area contributed by atoms with Crippen LogP contribution in [-0.4, -0.2) is 17.1 Å². The van der Waals surface area contributed by atoms with Crippen LogP contribution in [-0.2, 0) is 6.42 Å². The summed E-state index contributed by atoms with van der Waals surface area (Å²) in [6, 6.07) is 8.76. The Bertz CT molecular complexity index is 431. The molecule has 1 aromatic rings. The zero-order chi connectivity index (χ0) is 13.0. The number of fused-ring (bicyclic) bond motifs is 1. The quantitative estimate of drug-likeness (QED) is 0.330. The molecule has 2 unspecified atom stereocenters. The van der Waals surface area contributed by atoms with E-state index in [9.17, 15) is 0 Å². The fraction of sp³-hybridized carbons (Fsp3) is 0.500. The summed E-state index contributed by atoms with van der Waals surface area (Å²) in [5.74, 6) is 0.264. The first kappa shape index (κ1) is 12.9. The van der Waals surface area contributed by atoms with Gasteiger partial charge in [0.25, 0.3) is 0 Å². The number of oxime groups is 1. The van der Waals surface area contributed by atoms with Gasteiger partial charge in [-0.25, -0.2) is 0 Å². The van der Waals surface area contributed by atoms with Crippen molar-refractivity contribution in [2.75, 3.05) is 0 Å². The van der Waals surface area contributed by atoms with E-state index >= 15 is 0 Å². The molecule has 0 radical (unpaired) electrons. The Labute approximate surface area is 108 Å². The minimum atomic E-state index is -0.0637. The van der Waals surface area contributed by atoms with E-state index in [4.69, 9.17) is 10.9 Å². The number of nitrogens with one attached hydrogen (secondary N) is 1. The van der Waals surface area contributed by atoms with Crippen LogP contribution < -0.4 is 11.1 Å². The summed E-state index contributed by atoms with van der Waals surface area (Å²) in [7, 11) is 0. The fourth-order valence-electron chi connectivity index (χ4n) is 2.65. The Hall–Kier alpha value is -1.55. The summed E-state index contributed by atoms with van der Waals surface area (Å²) in [4.78, 5) is 0. The van der Waals surface area contributed by atoms with E-state index in [1.54, 1.807) is 0 Å². The van der Waals surface area contributed by atoms with Crippen molar-refractivity contribution in [3.8, 4) is 0 Å². The van der Waals surface area contributed by atoms with Gasteiger partial charge in [-0.15, -0.1) is 0 Å². The zero-order valence-corrected chi connectivity index (χ0v) is 10.8. The molecular formula is C14H21N3O. The smallest absolute Gasteiger partial charge is 0.156 e. The highest BCUT2D eigenvalue weighted by Crippen LogP contribution is 2.29. The Morgan fingerprint density at radius 3 is 3.06 bits per heavy atom. The second-order valence-corrected chi connectivity index (χ2v) is 4.80. The maximum Gasteiger partial charge on any atom is 0.156 e. The molecule has 18 heavy (non-hydrogen) atoms. The predicted octanol–water partition coefficient (Wildman–Crippen LogP) is 2.18. The summed E-state index contributed by atoms with van der Waals surface area (Å²) in [6.07, 6.45) is 4.25. The molecule has 0 saturated carbocycles. The highest BCUT2D eigenvalue weighted by atomic mass is 16.4. The van der Waals surface area contributed by atoms with Gasteiger partial charge in [0, 0.05) is 6.04 Å². The molecule has 0 amide bonds. The molecule has 0 spiro atoms. The molecule has 1 aromatic carbocycles. The summed E-state index contributed by atoms with van der Waals surface area (Å²) in [6.45, 7) is 2.03. The Kier molecular flexibility index (Phi) is 4.20. The van der Waals surface area contributed by atoms with Crippen molar-refractivity contribution >= 4 is 5.84 Å². The van der Waals surface area contributed by atoms with Crippen molar-refractivity contribution in [3.63, 3.8) is 0 Å². The van der Waals surface area contributed by atoms with Gasteiger partial charge in [0.1, 0.15) is 0 Å². The highest BCUT2D eigenvalue weighted by molar-refractivity contribution is 5.85. The van der Waals surface area contributed by atoms with E-state index in [-0.39, 0.29) is 11.9 Å². The monoisotopic (exact) mass is 247 g/mol. The molecule has 0 fully saturated rings. The Balaban J connectivity index is 2.15. The standard InChI is InChI=1S/C14H21N3O/c1-2-12(14(15)17-18)16-13-9-5-7-10-6-3-4-8-11(10)13/h3-4,6,8,12-13,16,18H,2,5,7,9H2,1H3,(H2,15,17). The molecule has 0 bridgehead atoms. The molecule has 1 aliphatic rings. The lowest BCUT2D eigenvalue weighted by atomic mass is 9.87. The van der Waals surface area contributed by atoms with Crippen LogP contribution in [0.1, 0.15) is 43.4 Å². The van der Waals surface area contributed by atoms with Crippen molar-refractivity contribution in [3.05, 3.63) is 35.4 Å². The lowest BCUT2D eigenvalue weighted by Gasteiger charge is -2.29. The maximum absolute atomic E-state index is 8.78. The number of benzene rings is 1.